The Balaban J connectivity index is 2.25. The average Bonchev–Trinajstić information content (AvgIpc) is 2.46. The molecule has 1 aliphatic heterocycles. The van der Waals surface area contributed by atoms with Crippen LogP contribution in [0, 0.1) is 0 Å². The zero-order valence-corrected chi connectivity index (χ0v) is 10.6. The van der Waals surface area contributed by atoms with Gasteiger partial charge in [0, 0.05) is 19.8 Å². The molecule has 1 aliphatic rings. The molecular weight excluding hydrogens is 248 g/mol. The molecule has 0 bridgehead atoms. The van der Waals surface area contributed by atoms with E-state index in [9.17, 15) is 9.59 Å². The van der Waals surface area contributed by atoms with Crippen LogP contribution in [0.15, 0.2) is 18.3 Å². The fourth-order valence-corrected chi connectivity index (χ4v) is 1.96. The van der Waals surface area contributed by atoms with Gasteiger partial charge in [0.25, 0.3) is 5.91 Å². The van der Waals surface area contributed by atoms with E-state index in [-0.39, 0.29) is 24.1 Å². The van der Waals surface area contributed by atoms with Gasteiger partial charge in [-0.1, -0.05) is 0 Å². The molecule has 0 radical (unpaired) electrons. The van der Waals surface area contributed by atoms with Crippen molar-refractivity contribution in [2.45, 2.75) is 6.04 Å². The molecule has 19 heavy (non-hydrogen) atoms. The molecule has 7 heteroatoms. The number of rotatable bonds is 2. The van der Waals surface area contributed by atoms with E-state index in [0.717, 1.165) is 0 Å². The van der Waals surface area contributed by atoms with Gasteiger partial charge in [-0.25, -0.2) is 4.98 Å². The summed E-state index contributed by atoms with van der Waals surface area (Å²) in [5.41, 5.74) is 6.21. The Morgan fingerprint density at radius 2 is 2.37 bits per heavy atom. The zero-order chi connectivity index (χ0) is 13.8. The van der Waals surface area contributed by atoms with Gasteiger partial charge in [0.15, 0.2) is 5.69 Å². The van der Waals surface area contributed by atoms with Crippen LogP contribution in [-0.4, -0.2) is 54.5 Å². The largest absolute Gasteiger partial charge is 0.397 e. The number of nitrogens with two attached hydrogens (primary N) is 1. The van der Waals surface area contributed by atoms with Crippen LogP contribution in [0.2, 0.25) is 0 Å². The first-order chi connectivity index (χ1) is 9.15. The summed E-state index contributed by atoms with van der Waals surface area (Å²) in [6, 6.07) is 2.62. The number of carbonyl (C=O) groups is 2. The quantitative estimate of drug-likeness (QED) is 0.732. The number of aromatic nitrogens is 1. The third kappa shape index (κ3) is 2.65. The van der Waals surface area contributed by atoms with E-state index in [1.807, 2.05) is 0 Å². The molecule has 0 spiro atoms. The predicted octanol–water partition coefficient (Wildman–Crippen LogP) is -0.749. The maximum absolute atomic E-state index is 12.4. The fraction of sp³-hybridized carbons (Fsp3) is 0.417. The lowest BCUT2D eigenvalue weighted by Crippen LogP contribution is -2.55. The third-order valence-corrected chi connectivity index (χ3v) is 2.98. The lowest BCUT2D eigenvalue weighted by atomic mass is 10.1. The summed E-state index contributed by atoms with van der Waals surface area (Å²) in [6.45, 7) is 0.914. The number of amides is 2. The molecule has 3 N–H and O–H groups in total. The van der Waals surface area contributed by atoms with Gasteiger partial charge in [0.2, 0.25) is 5.91 Å². The summed E-state index contributed by atoms with van der Waals surface area (Å²) >= 11 is 0. The first-order valence-corrected chi connectivity index (χ1v) is 5.96. The Bertz CT molecular complexity index is 492. The van der Waals surface area contributed by atoms with Gasteiger partial charge in [-0.15, -0.1) is 0 Å². The molecule has 0 saturated carbocycles. The highest BCUT2D eigenvalue weighted by atomic mass is 16.5. The summed E-state index contributed by atoms with van der Waals surface area (Å²) in [4.78, 5) is 29.6. The second-order valence-electron chi connectivity index (χ2n) is 4.14. The van der Waals surface area contributed by atoms with Crippen LogP contribution in [0.5, 0.6) is 0 Å². The number of pyridine rings is 1. The number of hydrogen-bond acceptors (Lipinski definition) is 5. The predicted molar refractivity (Wildman–Crippen MR) is 68.4 cm³/mol. The van der Waals surface area contributed by atoms with Gasteiger partial charge in [-0.3, -0.25) is 9.59 Å². The number of hydrogen-bond donors (Lipinski definition) is 2. The van der Waals surface area contributed by atoms with E-state index in [1.165, 1.54) is 18.1 Å². The van der Waals surface area contributed by atoms with Gasteiger partial charge < -0.3 is 20.7 Å². The Morgan fingerprint density at radius 3 is 3.05 bits per heavy atom. The Morgan fingerprint density at radius 1 is 1.58 bits per heavy atom. The van der Waals surface area contributed by atoms with Crippen LogP contribution in [0.4, 0.5) is 5.69 Å². The molecular formula is C12H16N4O3. The van der Waals surface area contributed by atoms with Gasteiger partial charge in [0.05, 0.1) is 18.9 Å². The minimum Gasteiger partial charge on any atom is -0.397 e. The highest BCUT2D eigenvalue weighted by Gasteiger charge is 2.33. The van der Waals surface area contributed by atoms with E-state index in [1.54, 1.807) is 12.1 Å². The van der Waals surface area contributed by atoms with E-state index in [4.69, 9.17) is 10.5 Å². The van der Waals surface area contributed by atoms with Crippen molar-refractivity contribution in [1.29, 1.82) is 0 Å². The number of anilines is 1. The number of nitrogens with zero attached hydrogens (tertiary/aromatic N) is 2. The van der Waals surface area contributed by atoms with Crippen LogP contribution in [-0.2, 0) is 9.53 Å². The van der Waals surface area contributed by atoms with Crippen molar-refractivity contribution in [3.05, 3.63) is 24.0 Å². The first-order valence-electron chi connectivity index (χ1n) is 5.96. The second kappa shape index (κ2) is 5.66. The van der Waals surface area contributed by atoms with Gasteiger partial charge in [-0.2, -0.15) is 0 Å². The van der Waals surface area contributed by atoms with Gasteiger partial charge in [-0.05, 0) is 12.1 Å². The highest BCUT2D eigenvalue weighted by Crippen LogP contribution is 2.15. The summed E-state index contributed by atoms with van der Waals surface area (Å²) < 4.78 is 5.25. The lowest BCUT2D eigenvalue weighted by Gasteiger charge is -2.34. The molecule has 7 nitrogen and oxygen atoms in total. The first kappa shape index (κ1) is 13.3. The van der Waals surface area contributed by atoms with Crippen molar-refractivity contribution in [3.8, 4) is 0 Å². The van der Waals surface area contributed by atoms with E-state index in [2.05, 4.69) is 10.3 Å². The normalized spacial score (nSPS) is 19.0. The van der Waals surface area contributed by atoms with Crippen LogP contribution >= 0.6 is 0 Å². The number of likely N-dealkylation sites (N-methyl/N-ethyl adjacent to an activating group) is 1. The summed E-state index contributed by atoms with van der Waals surface area (Å²) in [6.07, 6.45) is 1.50. The molecule has 0 aromatic carbocycles. The molecule has 1 aromatic rings. The fourth-order valence-electron chi connectivity index (χ4n) is 1.96. The van der Waals surface area contributed by atoms with Crippen LogP contribution in [0.1, 0.15) is 10.5 Å². The summed E-state index contributed by atoms with van der Waals surface area (Å²) in [5.74, 6) is -0.613. The molecule has 1 aromatic heterocycles. The SMILES string of the molecule is CNC(=O)C1COCCN1C(=O)c1ncccc1N. The molecule has 2 heterocycles. The van der Waals surface area contributed by atoms with Crippen molar-refractivity contribution in [1.82, 2.24) is 15.2 Å². The smallest absolute Gasteiger partial charge is 0.275 e. The molecule has 1 saturated heterocycles. The van der Waals surface area contributed by atoms with Crippen LogP contribution in [0.3, 0.4) is 0 Å². The Kier molecular flexibility index (Phi) is 3.96. The molecule has 1 atom stereocenters. The number of ether oxygens (including phenoxy) is 1. The van der Waals surface area contributed by atoms with Gasteiger partial charge >= 0.3 is 0 Å². The standard InChI is InChI=1S/C12H16N4O3/c1-14-11(17)9-7-19-6-5-16(9)12(18)10-8(13)3-2-4-15-10/h2-4,9H,5-7,13H2,1H3,(H,14,17). The van der Waals surface area contributed by atoms with E-state index in [0.29, 0.717) is 18.8 Å². The molecule has 0 aliphatic carbocycles. The maximum Gasteiger partial charge on any atom is 0.275 e. The average molecular weight is 264 g/mol. The topological polar surface area (TPSA) is 97.5 Å². The minimum absolute atomic E-state index is 0.165. The number of nitrogens with one attached hydrogen (secondary N) is 1. The lowest BCUT2D eigenvalue weighted by molar-refractivity contribution is -0.130. The van der Waals surface area contributed by atoms with E-state index < -0.39 is 6.04 Å². The molecule has 2 amide bonds. The highest BCUT2D eigenvalue weighted by molar-refractivity contribution is 5.99. The van der Waals surface area contributed by atoms with E-state index >= 15 is 0 Å². The van der Waals surface area contributed by atoms with Gasteiger partial charge in [0.1, 0.15) is 6.04 Å². The van der Waals surface area contributed by atoms with Crippen LogP contribution in [0.25, 0.3) is 0 Å². The van der Waals surface area contributed by atoms with Crippen molar-refractivity contribution in [3.63, 3.8) is 0 Å². The minimum atomic E-state index is -0.646. The number of morpholine rings is 1. The monoisotopic (exact) mass is 264 g/mol. The van der Waals surface area contributed by atoms with Crippen LogP contribution < -0.4 is 11.1 Å². The zero-order valence-electron chi connectivity index (χ0n) is 10.6. The number of nitrogen functional groups attached to an aromatic ring is 1. The molecule has 2 rings (SSSR count). The Hall–Kier alpha value is -2.15. The van der Waals surface area contributed by atoms with Crippen molar-refractivity contribution in [2.75, 3.05) is 32.5 Å². The number of carbonyl (C=O) groups excluding carboxylic acids is 2. The van der Waals surface area contributed by atoms with Crippen molar-refractivity contribution < 1.29 is 14.3 Å². The van der Waals surface area contributed by atoms with Crippen molar-refractivity contribution in [2.24, 2.45) is 0 Å². The third-order valence-electron chi connectivity index (χ3n) is 2.98. The molecule has 102 valence electrons. The summed E-state index contributed by atoms with van der Waals surface area (Å²) in [5, 5.41) is 2.52. The summed E-state index contributed by atoms with van der Waals surface area (Å²) in [7, 11) is 1.52. The Labute approximate surface area is 110 Å². The van der Waals surface area contributed by atoms with Crippen molar-refractivity contribution >= 4 is 17.5 Å². The second-order valence-corrected chi connectivity index (χ2v) is 4.14. The molecule has 1 unspecified atom stereocenters. The maximum atomic E-state index is 12.4. The molecule has 1 fully saturated rings.